The lowest BCUT2D eigenvalue weighted by Crippen LogP contribution is -2.43. The number of para-hydroxylation sites is 1. The van der Waals surface area contributed by atoms with Crippen molar-refractivity contribution in [2.75, 3.05) is 31.1 Å². The van der Waals surface area contributed by atoms with Gasteiger partial charge in [-0.25, -0.2) is 4.39 Å². The summed E-state index contributed by atoms with van der Waals surface area (Å²) in [4.78, 5) is 2.29. The van der Waals surface area contributed by atoms with Crippen LogP contribution in [0.4, 0.5) is 10.1 Å². The molecule has 1 aromatic rings. The molecule has 0 radical (unpaired) electrons. The molecule has 20 heavy (non-hydrogen) atoms. The summed E-state index contributed by atoms with van der Waals surface area (Å²) in [6.07, 6.45) is 2.46. The van der Waals surface area contributed by atoms with Crippen LogP contribution in [0, 0.1) is 11.7 Å². The molecule has 0 aliphatic carbocycles. The number of anilines is 1. The number of piperidine rings is 1. The molecule has 2 heterocycles. The third-order valence-corrected chi connectivity index (χ3v) is 4.02. The predicted octanol–water partition coefficient (Wildman–Crippen LogP) is 2.83. The monoisotopic (exact) mass is 300 g/mol. The highest BCUT2D eigenvalue weighted by atomic mass is 35.5. The van der Waals surface area contributed by atoms with Crippen molar-refractivity contribution in [2.24, 2.45) is 5.92 Å². The van der Waals surface area contributed by atoms with Crippen LogP contribution in [0.15, 0.2) is 18.2 Å². The number of hydrogen-bond acceptors (Lipinski definition) is 3. The molecule has 0 bridgehead atoms. The van der Waals surface area contributed by atoms with E-state index in [1.807, 2.05) is 13.0 Å². The van der Waals surface area contributed by atoms with E-state index >= 15 is 0 Å². The summed E-state index contributed by atoms with van der Waals surface area (Å²) in [7, 11) is 0. The van der Waals surface area contributed by atoms with E-state index in [0.29, 0.717) is 11.7 Å². The van der Waals surface area contributed by atoms with Crippen LogP contribution < -0.4 is 15.0 Å². The van der Waals surface area contributed by atoms with Gasteiger partial charge in [0.1, 0.15) is 6.10 Å². The first-order valence-electron chi connectivity index (χ1n) is 7.15. The van der Waals surface area contributed by atoms with Crippen molar-refractivity contribution in [1.82, 2.24) is 5.32 Å². The Kier molecular flexibility index (Phi) is 5.11. The van der Waals surface area contributed by atoms with Crippen molar-refractivity contribution < 1.29 is 9.13 Å². The normalized spacial score (nSPS) is 22.7. The fraction of sp³-hybridized carbons (Fsp3) is 0.600. The molecule has 1 N–H and O–H groups in total. The second-order valence-electron chi connectivity index (χ2n) is 5.61. The zero-order valence-electron chi connectivity index (χ0n) is 11.8. The van der Waals surface area contributed by atoms with Gasteiger partial charge in [-0.1, -0.05) is 6.07 Å². The number of ether oxygens (including phenoxy) is 1. The van der Waals surface area contributed by atoms with Crippen LogP contribution in [-0.2, 0) is 0 Å². The van der Waals surface area contributed by atoms with Crippen LogP contribution in [-0.4, -0.2) is 32.3 Å². The van der Waals surface area contributed by atoms with Gasteiger partial charge in [-0.2, -0.15) is 0 Å². The Hall–Kier alpha value is -1.000. The smallest absolute Gasteiger partial charge is 0.178 e. The maximum Gasteiger partial charge on any atom is 0.178 e. The molecule has 1 atom stereocenters. The third-order valence-electron chi connectivity index (χ3n) is 4.02. The van der Waals surface area contributed by atoms with Gasteiger partial charge in [-0.3, -0.25) is 0 Å². The van der Waals surface area contributed by atoms with Gasteiger partial charge < -0.3 is 15.0 Å². The van der Waals surface area contributed by atoms with Crippen molar-refractivity contribution in [2.45, 2.75) is 25.9 Å². The zero-order chi connectivity index (χ0) is 13.2. The minimum atomic E-state index is -0.251. The lowest BCUT2D eigenvalue weighted by Gasteiger charge is -2.38. The van der Waals surface area contributed by atoms with Crippen molar-refractivity contribution >= 4 is 18.1 Å². The van der Waals surface area contributed by atoms with Gasteiger partial charge in [0, 0.05) is 6.54 Å². The molecule has 2 aliphatic heterocycles. The summed E-state index contributed by atoms with van der Waals surface area (Å²) in [6.45, 7) is 6.05. The molecule has 1 aromatic carbocycles. The SMILES string of the molecule is CC1CN(CC2CCNCC2)c2cccc(F)c2O1.Cl. The molecule has 3 nitrogen and oxygen atoms in total. The standard InChI is InChI=1S/C15H21FN2O.ClH/c1-11-9-18(10-12-5-7-17-8-6-12)14-4-2-3-13(16)15(14)19-11;/h2-4,11-12,17H,5-10H2,1H3;1H. The van der Waals surface area contributed by atoms with Crippen LogP contribution in [0.3, 0.4) is 0 Å². The molecule has 0 amide bonds. The number of fused-ring (bicyclic) bond motifs is 1. The van der Waals surface area contributed by atoms with E-state index in [1.165, 1.54) is 18.9 Å². The third kappa shape index (κ3) is 3.18. The number of halogens is 2. The first-order valence-corrected chi connectivity index (χ1v) is 7.15. The molecule has 1 saturated heterocycles. The fourth-order valence-electron chi connectivity index (χ4n) is 3.06. The molecule has 0 aromatic heterocycles. The largest absolute Gasteiger partial charge is 0.484 e. The molecule has 112 valence electrons. The van der Waals surface area contributed by atoms with Crippen molar-refractivity contribution in [1.29, 1.82) is 0 Å². The highest BCUT2D eigenvalue weighted by Crippen LogP contribution is 2.36. The first kappa shape index (κ1) is 15.4. The van der Waals surface area contributed by atoms with Crippen LogP contribution >= 0.6 is 12.4 Å². The first-order chi connectivity index (χ1) is 9.24. The van der Waals surface area contributed by atoms with Gasteiger partial charge in [0.05, 0.1) is 12.2 Å². The molecule has 1 unspecified atom stereocenters. The number of nitrogens with zero attached hydrogens (tertiary/aromatic N) is 1. The maximum atomic E-state index is 13.8. The number of benzene rings is 1. The van der Waals surface area contributed by atoms with E-state index in [0.717, 1.165) is 31.9 Å². The lowest BCUT2D eigenvalue weighted by atomic mass is 9.97. The van der Waals surface area contributed by atoms with Gasteiger partial charge in [-0.05, 0) is 50.9 Å². The Bertz CT molecular complexity index is 451. The van der Waals surface area contributed by atoms with E-state index in [4.69, 9.17) is 4.74 Å². The number of hydrogen-bond donors (Lipinski definition) is 1. The van der Waals surface area contributed by atoms with E-state index in [9.17, 15) is 4.39 Å². The topological polar surface area (TPSA) is 24.5 Å². The average molecular weight is 301 g/mol. The summed E-state index contributed by atoms with van der Waals surface area (Å²) in [5.74, 6) is 0.872. The van der Waals surface area contributed by atoms with E-state index < -0.39 is 0 Å². The Balaban J connectivity index is 0.00000147. The Labute approximate surface area is 125 Å². The van der Waals surface area contributed by atoms with Crippen molar-refractivity contribution in [3.63, 3.8) is 0 Å². The second kappa shape index (κ2) is 6.64. The van der Waals surface area contributed by atoms with Gasteiger partial charge in [0.25, 0.3) is 0 Å². The lowest BCUT2D eigenvalue weighted by molar-refractivity contribution is 0.198. The molecule has 5 heteroatoms. The molecule has 0 spiro atoms. The summed E-state index contributed by atoms with van der Waals surface area (Å²) < 4.78 is 19.5. The molecule has 2 aliphatic rings. The highest BCUT2D eigenvalue weighted by molar-refractivity contribution is 5.85. The Morgan fingerprint density at radius 2 is 2.10 bits per heavy atom. The van der Waals surface area contributed by atoms with Crippen molar-refractivity contribution in [3.05, 3.63) is 24.0 Å². The number of nitrogens with one attached hydrogen (secondary N) is 1. The van der Waals surface area contributed by atoms with Gasteiger partial charge >= 0.3 is 0 Å². The minimum Gasteiger partial charge on any atom is -0.484 e. The van der Waals surface area contributed by atoms with E-state index in [1.54, 1.807) is 6.07 Å². The molecule has 1 fully saturated rings. The molecular formula is C15H22ClFN2O. The van der Waals surface area contributed by atoms with Crippen LogP contribution in [0.25, 0.3) is 0 Å². The Morgan fingerprint density at radius 3 is 2.85 bits per heavy atom. The van der Waals surface area contributed by atoms with Crippen LogP contribution in [0.5, 0.6) is 5.75 Å². The number of rotatable bonds is 2. The quantitative estimate of drug-likeness (QED) is 0.909. The molecule has 3 rings (SSSR count). The highest BCUT2D eigenvalue weighted by Gasteiger charge is 2.27. The van der Waals surface area contributed by atoms with E-state index in [2.05, 4.69) is 10.2 Å². The van der Waals surface area contributed by atoms with Gasteiger partial charge in [0.2, 0.25) is 0 Å². The van der Waals surface area contributed by atoms with Crippen LogP contribution in [0.2, 0.25) is 0 Å². The fourth-order valence-corrected chi connectivity index (χ4v) is 3.06. The van der Waals surface area contributed by atoms with Crippen LogP contribution in [0.1, 0.15) is 19.8 Å². The Morgan fingerprint density at radius 1 is 1.35 bits per heavy atom. The van der Waals surface area contributed by atoms with Gasteiger partial charge in [-0.15, -0.1) is 12.4 Å². The summed E-state index contributed by atoms with van der Waals surface area (Å²) >= 11 is 0. The molecule has 0 saturated carbocycles. The zero-order valence-corrected chi connectivity index (χ0v) is 12.6. The van der Waals surface area contributed by atoms with E-state index in [-0.39, 0.29) is 24.3 Å². The second-order valence-corrected chi connectivity index (χ2v) is 5.61. The molecular weight excluding hydrogens is 279 g/mol. The average Bonchev–Trinajstić information content (AvgIpc) is 2.41. The summed E-state index contributed by atoms with van der Waals surface area (Å²) in [6, 6.07) is 5.20. The summed E-state index contributed by atoms with van der Waals surface area (Å²) in [5.41, 5.74) is 0.914. The maximum absolute atomic E-state index is 13.8. The minimum absolute atomic E-state index is 0. The van der Waals surface area contributed by atoms with Gasteiger partial charge in [0.15, 0.2) is 11.6 Å². The summed E-state index contributed by atoms with van der Waals surface area (Å²) in [5, 5.41) is 3.39. The van der Waals surface area contributed by atoms with Crippen molar-refractivity contribution in [3.8, 4) is 5.75 Å². The predicted molar refractivity (Wildman–Crippen MR) is 81.5 cm³/mol.